The number of ether oxygens (including phenoxy) is 2. The number of hydrogen-bond acceptors (Lipinski definition) is 5. The molecule has 0 aromatic heterocycles. The van der Waals surface area contributed by atoms with Gasteiger partial charge in [0.1, 0.15) is 5.75 Å². The van der Waals surface area contributed by atoms with Crippen molar-refractivity contribution < 1.29 is 22.7 Å². The molecule has 0 fully saturated rings. The molecule has 1 atom stereocenters. The van der Waals surface area contributed by atoms with Gasteiger partial charge in [-0.05, 0) is 31.5 Å². The number of nitrogens with two attached hydrogens (primary N) is 1. The molecular formula is C13H20N2O5S. The lowest BCUT2D eigenvalue weighted by Gasteiger charge is -2.15. The average molecular weight is 316 g/mol. The van der Waals surface area contributed by atoms with Crippen molar-refractivity contribution in [1.82, 2.24) is 5.32 Å². The average Bonchev–Trinajstić information content (AvgIpc) is 2.43. The molecule has 1 aromatic carbocycles. The molecule has 118 valence electrons. The zero-order valence-electron chi connectivity index (χ0n) is 12.3. The second-order valence-corrected chi connectivity index (χ2v) is 6.12. The molecule has 0 bridgehead atoms. The van der Waals surface area contributed by atoms with Crippen LogP contribution in [0.5, 0.6) is 5.75 Å². The lowest BCUT2D eigenvalue weighted by Crippen LogP contribution is -2.33. The highest BCUT2D eigenvalue weighted by Gasteiger charge is 2.18. The van der Waals surface area contributed by atoms with Crippen molar-refractivity contribution in [3.8, 4) is 5.75 Å². The fraction of sp³-hybridized carbons (Fsp3) is 0.462. The molecule has 21 heavy (non-hydrogen) atoms. The van der Waals surface area contributed by atoms with Crippen LogP contribution in [0.3, 0.4) is 0 Å². The Bertz CT molecular complexity index is 601. The first-order valence-electron chi connectivity index (χ1n) is 6.30. The molecule has 0 spiro atoms. The molecule has 0 radical (unpaired) electrons. The Kier molecular flexibility index (Phi) is 6.13. The van der Waals surface area contributed by atoms with Gasteiger partial charge in [0.25, 0.3) is 5.91 Å². The van der Waals surface area contributed by atoms with Gasteiger partial charge in [-0.3, -0.25) is 4.79 Å². The van der Waals surface area contributed by atoms with Crippen molar-refractivity contribution in [2.75, 3.05) is 20.8 Å². The van der Waals surface area contributed by atoms with Gasteiger partial charge in [-0.1, -0.05) is 0 Å². The Morgan fingerprint density at radius 3 is 2.57 bits per heavy atom. The molecule has 1 amide bonds. The number of rotatable bonds is 7. The van der Waals surface area contributed by atoms with E-state index >= 15 is 0 Å². The summed E-state index contributed by atoms with van der Waals surface area (Å²) in [5.74, 6) is -0.153. The Labute approximate surface area is 124 Å². The molecule has 0 saturated heterocycles. The molecule has 0 aliphatic carbocycles. The van der Waals surface area contributed by atoms with E-state index in [4.69, 9.17) is 14.6 Å². The van der Waals surface area contributed by atoms with E-state index in [2.05, 4.69) is 5.32 Å². The van der Waals surface area contributed by atoms with Crippen LogP contribution in [-0.2, 0) is 14.8 Å². The van der Waals surface area contributed by atoms with Gasteiger partial charge < -0.3 is 14.8 Å². The lowest BCUT2D eigenvalue weighted by molar-refractivity contribution is 0.0926. The second kappa shape index (κ2) is 7.39. The molecule has 0 saturated carbocycles. The number of primary sulfonamides is 1. The van der Waals surface area contributed by atoms with E-state index < -0.39 is 15.9 Å². The molecule has 0 aliphatic rings. The van der Waals surface area contributed by atoms with Gasteiger partial charge in [0, 0.05) is 19.8 Å². The van der Waals surface area contributed by atoms with E-state index in [1.807, 2.05) is 6.92 Å². The first-order valence-corrected chi connectivity index (χ1v) is 7.85. The summed E-state index contributed by atoms with van der Waals surface area (Å²) in [6.45, 7) is 2.34. The Hall–Kier alpha value is -1.64. The summed E-state index contributed by atoms with van der Waals surface area (Å²) in [7, 11) is -0.906. The van der Waals surface area contributed by atoms with Gasteiger partial charge in [-0.25, -0.2) is 13.6 Å². The van der Waals surface area contributed by atoms with Gasteiger partial charge in [0.2, 0.25) is 10.0 Å². The van der Waals surface area contributed by atoms with E-state index in [9.17, 15) is 13.2 Å². The van der Waals surface area contributed by atoms with Crippen LogP contribution < -0.4 is 15.2 Å². The predicted molar refractivity (Wildman–Crippen MR) is 77.8 cm³/mol. The Morgan fingerprint density at radius 2 is 2.05 bits per heavy atom. The lowest BCUT2D eigenvalue weighted by atomic mass is 10.1. The van der Waals surface area contributed by atoms with E-state index in [-0.39, 0.29) is 22.3 Å². The minimum atomic E-state index is -3.88. The largest absolute Gasteiger partial charge is 0.496 e. The predicted octanol–water partition coefficient (Wildman–Crippen LogP) is 0.497. The minimum Gasteiger partial charge on any atom is -0.496 e. The number of methoxy groups -OCH3 is 2. The number of carbonyl (C=O) groups is 1. The zero-order valence-corrected chi connectivity index (χ0v) is 13.1. The standard InChI is InChI=1S/C13H20N2O5S/c1-9(6-7-19-2)15-13(16)11-8-10(21(14,17)18)4-5-12(11)20-3/h4-5,8-9H,6-7H2,1-3H3,(H,15,16)(H2,14,17,18). The van der Waals surface area contributed by atoms with Crippen LogP contribution in [0.2, 0.25) is 0 Å². The summed E-state index contributed by atoms with van der Waals surface area (Å²) in [6.07, 6.45) is 0.638. The van der Waals surface area contributed by atoms with E-state index in [1.165, 1.54) is 25.3 Å². The normalized spacial score (nSPS) is 12.8. The molecule has 1 rings (SSSR count). The summed E-state index contributed by atoms with van der Waals surface area (Å²) >= 11 is 0. The Morgan fingerprint density at radius 1 is 1.38 bits per heavy atom. The molecule has 3 N–H and O–H groups in total. The van der Waals surface area contributed by atoms with Crippen molar-refractivity contribution >= 4 is 15.9 Å². The molecular weight excluding hydrogens is 296 g/mol. The van der Waals surface area contributed by atoms with Crippen LogP contribution in [0, 0.1) is 0 Å². The molecule has 0 aliphatic heterocycles. The highest BCUT2D eigenvalue weighted by atomic mass is 32.2. The maximum absolute atomic E-state index is 12.2. The Balaban J connectivity index is 3.01. The number of benzene rings is 1. The topological polar surface area (TPSA) is 108 Å². The molecule has 8 heteroatoms. The van der Waals surface area contributed by atoms with E-state index in [0.717, 1.165) is 0 Å². The molecule has 7 nitrogen and oxygen atoms in total. The number of sulfonamides is 1. The van der Waals surface area contributed by atoms with Crippen LogP contribution in [0.15, 0.2) is 23.1 Å². The van der Waals surface area contributed by atoms with E-state index in [1.54, 1.807) is 7.11 Å². The number of carbonyl (C=O) groups excluding carboxylic acids is 1. The monoisotopic (exact) mass is 316 g/mol. The van der Waals surface area contributed by atoms with Gasteiger partial charge in [0.05, 0.1) is 17.6 Å². The summed E-state index contributed by atoms with van der Waals surface area (Å²) in [5.41, 5.74) is 0.119. The number of nitrogens with one attached hydrogen (secondary N) is 1. The van der Waals surface area contributed by atoms with Crippen LogP contribution in [0.4, 0.5) is 0 Å². The first kappa shape index (κ1) is 17.4. The summed E-state index contributed by atoms with van der Waals surface area (Å²) < 4.78 is 32.7. The van der Waals surface area contributed by atoms with Crippen molar-refractivity contribution in [3.05, 3.63) is 23.8 Å². The van der Waals surface area contributed by atoms with Crippen LogP contribution in [-0.4, -0.2) is 41.2 Å². The van der Waals surface area contributed by atoms with Gasteiger partial charge in [0.15, 0.2) is 0 Å². The highest BCUT2D eigenvalue weighted by molar-refractivity contribution is 7.89. The zero-order chi connectivity index (χ0) is 16.0. The second-order valence-electron chi connectivity index (χ2n) is 4.56. The van der Waals surface area contributed by atoms with Gasteiger partial charge in [-0.2, -0.15) is 0 Å². The summed E-state index contributed by atoms with van der Waals surface area (Å²) in [5, 5.41) is 7.82. The highest BCUT2D eigenvalue weighted by Crippen LogP contribution is 2.22. The van der Waals surface area contributed by atoms with Crippen molar-refractivity contribution in [2.45, 2.75) is 24.3 Å². The fourth-order valence-corrected chi connectivity index (χ4v) is 2.25. The van der Waals surface area contributed by atoms with Crippen LogP contribution in [0.25, 0.3) is 0 Å². The maximum Gasteiger partial charge on any atom is 0.255 e. The van der Waals surface area contributed by atoms with Crippen molar-refractivity contribution in [1.29, 1.82) is 0 Å². The van der Waals surface area contributed by atoms with E-state index in [0.29, 0.717) is 13.0 Å². The fourth-order valence-electron chi connectivity index (χ4n) is 1.71. The smallest absolute Gasteiger partial charge is 0.255 e. The molecule has 0 heterocycles. The quantitative estimate of drug-likeness (QED) is 0.761. The molecule has 1 aromatic rings. The van der Waals surface area contributed by atoms with Crippen LogP contribution in [0.1, 0.15) is 23.7 Å². The van der Waals surface area contributed by atoms with Gasteiger partial charge >= 0.3 is 0 Å². The minimum absolute atomic E-state index is 0.119. The van der Waals surface area contributed by atoms with Crippen LogP contribution >= 0.6 is 0 Å². The van der Waals surface area contributed by atoms with Gasteiger partial charge in [-0.15, -0.1) is 0 Å². The SMILES string of the molecule is COCCC(C)NC(=O)c1cc(S(N)(=O)=O)ccc1OC. The summed E-state index contributed by atoms with van der Waals surface area (Å²) in [6, 6.07) is 3.76. The number of amides is 1. The number of hydrogen-bond donors (Lipinski definition) is 2. The third-order valence-corrected chi connectivity index (χ3v) is 3.79. The third-order valence-electron chi connectivity index (χ3n) is 2.88. The van der Waals surface area contributed by atoms with Crippen molar-refractivity contribution in [3.63, 3.8) is 0 Å². The summed E-state index contributed by atoms with van der Waals surface area (Å²) in [4.78, 5) is 12.1. The maximum atomic E-state index is 12.2. The third kappa shape index (κ3) is 5.00. The first-order chi connectivity index (χ1) is 9.79. The van der Waals surface area contributed by atoms with Crippen molar-refractivity contribution in [2.24, 2.45) is 5.14 Å². The molecule has 1 unspecified atom stereocenters.